The number of carbonyl (C=O) groups is 1. The van der Waals surface area contributed by atoms with Crippen LogP contribution in [0.1, 0.15) is 25.3 Å². The van der Waals surface area contributed by atoms with Crippen LogP contribution in [0.2, 0.25) is 0 Å². The molecule has 84 valence electrons. The molecule has 1 aromatic heterocycles. The van der Waals surface area contributed by atoms with Crippen LogP contribution in [-0.2, 0) is 10.2 Å². The summed E-state index contributed by atoms with van der Waals surface area (Å²) in [5.41, 5.74) is 1.28. The Morgan fingerprint density at radius 2 is 2.12 bits per heavy atom. The van der Waals surface area contributed by atoms with E-state index in [4.69, 9.17) is 9.52 Å². The molecule has 1 aromatic carbocycles. The van der Waals surface area contributed by atoms with Crippen LogP contribution in [0.25, 0.3) is 11.1 Å². The van der Waals surface area contributed by atoms with Gasteiger partial charge in [-0.2, -0.15) is 0 Å². The highest BCUT2D eigenvalue weighted by molar-refractivity contribution is 5.81. The van der Waals surface area contributed by atoms with Gasteiger partial charge in [0, 0.05) is 0 Å². The number of hydrogen-bond acceptors (Lipinski definition) is 3. The molecule has 16 heavy (non-hydrogen) atoms. The van der Waals surface area contributed by atoms with Gasteiger partial charge in [-0.25, -0.2) is 4.98 Å². The van der Waals surface area contributed by atoms with E-state index in [2.05, 4.69) is 4.98 Å². The Balaban J connectivity index is 2.59. The summed E-state index contributed by atoms with van der Waals surface area (Å²) in [6, 6.07) is 5.59. The maximum absolute atomic E-state index is 11.1. The molecule has 4 heteroatoms. The predicted octanol–water partition coefficient (Wildman–Crippen LogP) is 2.50. The Hall–Kier alpha value is -1.84. The number of fused-ring (bicyclic) bond motifs is 1. The SMILES string of the molecule is Cc1ccc2oc(C(C)(C)C(=O)O)nc2c1. The van der Waals surface area contributed by atoms with Crippen molar-refractivity contribution in [1.82, 2.24) is 4.98 Å². The molecule has 0 saturated carbocycles. The summed E-state index contributed by atoms with van der Waals surface area (Å²) in [6.45, 7) is 5.11. The highest BCUT2D eigenvalue weighted by Crippen LogP contribution is 2.27. The summed E-state index contributed by atoms with van der Waals surface area (Å²) in [5.74, 6) is -0.712. The maximum Gasteiger partial charge on any atom is 0.318 e. The van der Waals surface area contributed by atoms with Crippen molar-refractivity contribution in [3.05, 3.63) is 29.7 Å². The van der Waals surface area contributed by atoms with Crippen LogP contribution >= 0.6 is 0 Å². The van der Waals surface area contributed by atoms with E-state index in [1.807, 2.05) is 19.1 Å². The lowest BCUT2D eigenvalue weighted by atomic mass is 9.94. The summed E-state index contributed by atoms with van der Waals surface area (Å²) >= 11 is 0. The van der Waals surface area contributed by atoms with Crippen LogP contribution in [0.3, 0.4) is 0 Å². The van der Waals surface area contributed by atoms with Gasteiger partial charge in [-0.3, -0.25) is 4.79 Å². The van der Waals surface area contributed by atoms with Crippen molar-refractivity contribution in [1.29, 1.82) is 0 Å². The first-order chi connectivity index (χ1) is 7.41. The van der Waals surface area contributed by atoms with Crippen molar-refractivity contribution in [2.75, 3.05) is 0 Å². The van der Waals surface area contributed by atoms with Gasteiger partial charge in [0.2, 0.25) is 5.89 Å². The molecule has 0 aliphatic heterocycles. The van der Waals surface area contributed by atoms with E-state index in [0.29, 0.717) is 11.1 Å². The second-order valence-corrected chi connectivity index (χ2v) is 4.42. The minimum Gasteiger partial charge on any atom is -0.480 e. The Bertz CT molecular complexity index is 554. The quantitative estimate of drug-likeness (QED) is 0.842. The van der Waals surface area contributed by atoms with Crippen LogP contribution < -0.4 is 0 Å². The zero-order valence-corrected chi connectivity index (χ0v) is 9.44. The molecular formula is C12H13NO3. The van der Waals surface area contributed by atoms with Gasteiger partial charge in [-0.05, 0) is 38.5 Å². The van der Waals surface area contributed by atoms with Crippen LogP contribution in [0, 0.1) is 6.92 Å². The molecule has 0 aliphatic carbocycles. The molecule has 1 heterocycles. The molecule has 2 rings (SSSR count). The number of benzene rings is 1. The second kappa shape index (κ2) is 3.33. The van der Waals surface area contributed by atoms with Crippen LogP contribution in [0.5, 0.6) is 0 Å². The van der Waals surface area contributed by atoms with Gasteiger partial charge in [-0.15, -0.1) is 0 Å². The third kappa shape index (κ3) is 1.56. The van der Waals surface area contributed by atoms with Gasteiger partial charge in [0.15, 0.2) is 5.58 Å². The number of oxazole rings is 1. The first kappa shape index (κ1) is 10.7. The number of aliphatic carboxylic acids is 1. The highest BCUT2D eigenvalue weighted by Gasteiger charge is 2.35. The summed E-state index contributed by atoms with van der Waals surface area (Å²) in [5, 5.41) is 9.07. The molecule has 0 unspecified atom stereocenters. The second-order valence-electron chi connectivity index (χ2n) is 4.42. The summed E-state index contributed by atoms with van der Waals surface area (Å²) in [7, 11) is 0. The van der Waals surface area contributed by atoms with Gasteiger partial charge in [0.05, 0.1) is 0 Å². The van der Waals surface area contributed by atoms with Gasteiger partial charge >= 0.3 is 5.97 Å². The van der Waals surface area contributed by atoms with E-state index in [1.54, 1.807) is 19.9 Å². The normalized spacial score (nSPS) is 11.9. The van der Waals surface area contributed by atoms with E-state index in [9.17, 15) is 4.79 Å². The van der Waals surface area contributed by atoms with E-state index in [-0.39, 0.29) is 5.89 Å². The summed E-state index contributed by atoms with van der Waals surface area (Å²) < 4.78 is 5.46. The van der Waals surface area contributed by atoms with Crippen LogP contribution in [0.4, 0.5) is 0 Å². The molecule has 1 N–H and O–H groups in total. The van der Waals surface area contributed by atoms with Crippen molar-refractivity contribution < 1.29 is 14.3 Å². The number of aryl methyl sites for hydroxylation is 1. The maximum atomic E-state index is 11.1. The van der Waals surface area contributed by atoms with Gasteiger partial charge < -0.3 is 9.52 Å². The first-order valence-electron chi connectivity index (χ1n) is 5.02. The van der Waals surface area contributed by atoms with Crippen molar-refractivity contribution >= 4 is 17.1 Å². The Labute approximate surface area is 92.9 Å². The number of hydrogen-bond donors (Lipinski definition) is 1. The third-order valence-electron chi connectivity index (χ3n) is 2.61. The molecule has 0 radical (unpaired) electrons. The van der Waals surface area contributed by atoms with E-state index >= 15 is 0 Å². The zero-order chi connectivity index (χ0) is 11.9. The van der Waals surface area contributed by atoms with Crippen molar-refractivity contribution in [3.63, 3.8) is 0 Å². The molecule has 2 aromatic rings. The van der Waals surface area contributed by atoms with E-state index in [1.165, 1.54) is 0 Å². The number of nitrogens with zero attached hydrogens (tertiary/aromatic N) is 1. The van der Waals surface area contributed by atoms with Crippen molar-refractivity contribution in [3.8, 4) is 0 Å². The monoisotopic (exact) mass is 219 g/mol. The number of aromatic nitrogens is 1. The number of carboxylic acid groups (broad SMARTS) is 1. The molecular weight excluding hydrogens is 206 g/mol. The Kier molecular flexibility index (Phi) is 2.22. The molecule has 0 fully saturated rings. The van der Waals surface area contributed by atoms with Crippen molar-refractivity contribution in [2.45, 2.75) is 26.2 Å². The lowest BCUT2D eigenvalue weighted by Gasteiger charge is -2.13. The minimum absolute atomic E-state index is 0.237. The largest absolute Gasteiger partial charge is 0.480 e. The third-order valence-corrected chi connectivity index (χ3v) is 2.61. The van der Waals surface area contributed by atoms with Crippen LogP contribution in [-0.4, -0.2) is 16.1 Å². The van der Waals surface area contributed by atoms with E-state index in [0.717, 1.165) is 5.56 Å². The van der Waals surface area contributed by atoms with Gasteiger partial charge in [0.1, 0.15) is 10.9 Å². The highest BCUT2D eigenvalue weighted by atomic mass is 16.4. The lowest BCUT2D eigenvalue weighted by Crippen LogP contribution is -2.28. The number of carboxylic acids is 1. The summed E-state index contributed by atoms with van der Waals surface area (Å²) in [6.07, 6.45) is 0. The standard InChI is InChI=1S/C12H13NO3/c1-7-4-5-9-8(6-7)13-10(16-9)12(2,3)11(14)15/h4-6H,1-3H3,(H,14,15). The average Bonchev–Trinajstić information content (AvgIpc) is 2.60. The van der Waals surface area contributed by atoms with Crippen LogP contribution in [0.15, 0.2) is 22.6 Å². The van der Waals surface area contributed by atoms with Gasteiger partial charge in [0.25, 0.3) is 0 Å². The minimum atomic E-state index is -1.10. The smallest absolute Gasteiger partial charge is 0.318 e. The predicted molar refractivity (Wildman–Crippen MR) is 59.4 cm³/mol. The summed E-state index contributed by atoms with van der Waals surface area (Å²) in [4.78, 5) is 15.3. The molecule has 0 bridgehead atoms. The molecule has 4 nitrogen and oxygen atoms in total. The fourth-order valence-corrected chi connectivity index (χ4v) is 1.40. The molecule has 0 amide bonds. The average molecular weight is 219 g/mol. The van der Waals surface area contributed by atoms with Gasteiger partial charge in [-0.1, -0.05) is 6.07 Å². The fourth-order valence-electron chi connectivity index (χ4n) is 1.40. The Morgan fingerprint density at radius 1 is 1.44 bits per heavy atom. The molecule has 0 spiro atoms. The zero-order valence-electron chi connectivity index (χ0n) is 9.44. The molecule has 0 aliphatic rings. The lowest BCUT2D eigenvalue weighted by molar-refractivity contribution is -0.143. The fraction of sp³-hybridized carbons (Fsp3) is 0.333. The number of rotatable bonds is 2. The van der Waals surface area contributed by atoms with E-state index < -0.39 is 11.4 Å². The topological polar surface area (TPSA) is 63.3 Å². The molecule has 0 saturated heterocycles. The first-order valence-corrected chi connectivity index (χ1v) is 5.02. The molecule has 0 atom stereocenters. The Morgan fingerprint density at radius 3 is 2.75 bits per heavy atom. The van der Waals surface area contributed by atoms with Crippen molar-refractivity contribution in [2.24, 2.45) is 0 Å².